The Balaban J connectivity index is 1.94. The number of rotatable bonds is 10. The molecule has 1 rings (SSSR count). The average molecular weight is 314 g/mol. The first kappa shape index (κ1) is 17.3. The van der Waals surface area contributed by atoms with Crippen molar-refractivity contribution in [2.24, 2.45) is 5.92 Å². The van der Waals surface area contributed by atoms with Gasteiger partial charge in [-0.05, 0) is 35.3 Å². The zero-order valence-electron chi connectivity index (χ0n) is 12.0. The molecule has 1 aromatic heterocycles. The van der Waals surface area contributed by atoms with E-state index in [2.05, 4.69) is 24.1 Å². The zero-order valence-corrected chi connectivity index (χ0v) is 13.6. The number of hydrogen-bond donors (Lipinski definition) is 1. The van der Waals surface area contributed by atoms with E-state index in [9.17, 15) is 4.79 Å². The van der Waals surface area contributed by atoms with E-state index in [0.717, 1.165) is 17.2 Å². The molecule has 0 aliphatic heterocycles. The Bertz CT molecular complexity index is 375. The van der Waals surface area contributed by atoms with E-state index < -0.39 is 0 Å². The molecule has 0 saturated heterocycles. The van der Waals surface area contributed by atoms with Crippen LogP contribution in [0.5, 0.6) is 0 Å². The molecule has 1 heterocycles. The second kappa shape index (κ2) is 11.0. The third-order valence-electron chi connectivity index (χ3n) is 2.36. The summed E-state index contributed by atoms with van der Waals surface area (Å²) in [6.45, 7) is 5.73. The van der Waals surface area contributed by atoms with Crippen LogP contribution >= 0.6 is 21.6 Å². The van der Waals surface area contributed by atoms with Gasteiger partial charge in [-0.3, -0.25) is 4.79 Å². The van der Waals surface area contributed by atoms with Crippen LogP contribution < -0.4 is 5.32 Å². The minimum absolute atomic E-state index is 0.0443. The summed E-state index contributed by atoms with van der Waals surface area (Å²) in [6.07, 6.45) is 2.77. The molecule has 4 nitrogen and oxygen atoms in total. The van der Waals surface area contributed by atoms with Crippen LogP contribution in [0.4, 0.5) is 0 Å². The van der Waals surface area contributed by atoms with Crippen LogP contribution in [0.3, 0.4) is 0 Å². The summed E-state index contributed by atoms with van der Waals surface area (Å²) in [4.78, 5) is 15.7. The van der Waals surface area contributed by atoms with Gasteiger partial charge >= 0.3 is 0 Å². The van der Waals surface area contributed by atoms with Crippen LogP contribution in [0.1, 0.15) is 20.3 Å². The lowest BCUT2D eigenvalue weighted by Crippen LogP contribution is -2.29. The molecule has 1 amide bonds. The van der Waals surface area contributed by atoms with Crippen LogP contribution in [-0.4, -0.2) is 36.4 Å². The summed E-state index contributed by atoms with van der Waals surface area (Å²) in [6, 6.07) is 5.83. The molecular formula is C14H22N2O2S2. The minimum Gasteiger partial charge on any atom is -0.372 e. The molecule has 0 spiro atoms. The van der Waals surface area contributed by atoms with Gasteiger partial charge < -0.3 is 10.1 Å². The smallest absolute Gasteiger partial charge is 0.246 e. The minimum atomic E-state index is -0.0443. The molecule has 1 N–H and O–H groups in total. The molecule has 1 aromatic rings. The molecule has 0 aromatic carbocycles. The van der Waals surface area contributed by atoms with Crippen LogP contribution in [0.15, 0.2) is 29.4 Å². The number of nitrogens with zero attached hydrogens (tertiary/aromatic N) is 1. The topological polar surface area (TPSA) is 51.2 Å². The van der Waals surface area contributed by atoms with Crippen molar-refractivity contribution in [2.45, 2.75) is 25.3 Å². The average Bonchev–Trinajstić information content (AvgIpc) is 2.44. The van der Waals surface area contributed by atoms with E-state index in [4.69, 9.17) is 4.74 Å². The van der Waals surface area contributed by atoms with E-state index in [0.29, 0.717) is 19.1 Å². The number of aromatic nitrogens is 1. The van der Waals surface area contributed by atoms with Crippen molar-refractivity contribution in [3.63, 3.8) is 0 Å². The Morgan fingerprint density at radius 1 is 1.45 bits per heavy atom. The van der Waals surface area contributed by atoms with Gasteiger partial charge in [-0.2, -0.15) is 0 Å². The van der Waals surface area contributed by atoms with E-state index >= 15 is 0 Å². The molecule has 20 heavy (non-hydrogen) atoms. The summed E-state index contributed by atoms with van der Waals surface area (Å²) in [5.41, 5.74) is 0. The van der Waals surface area contributed by atoms with Crippen molar-refractivity contribution in [3.8, 4) is 0 Å². The fraction of sp³-hybridized carbons (Fsp3) is 0.571. The lowest BCUT2D eigenvalue weighted by Gasteiger charge is -2.07. The van der Waals surface area contributed by atoms with Gasteiger partial charge in [-0.15, -0.1) is 0 Å². The first-order chi connectivity index (χ1) is 9.68. The fourth-order valence-electron chi connectivity index (χ4n) is 1.27. The molecule has 0 fully saturated rings. The summed E-state index contributed by atoms with van der Waals surface area (Å²) in [7, 11) is 3.30. The maximum atomic E-state index is 11.5. The Morgan fingerprint density at radius 2 is 2.30 bits per heavy atom. The quantitative estimate of drug-likeness (QED) is 0.531. The Kier molecular flexibility index (Phi) is 9.53. The summed E-state index contributed by atoms with van der Waals surface area (Å²) < 4.78 is 5.30. The van der Waals surface area contributed by atoms with Gasteiger partial charge in [0.05, 0.1) is 0 Å². The molecule has 112 valence electrons. The number of amides is 1. The monoisotopic (exact) mass is 314 g/mol. The number of pyridine rings is 1. The van der Waals surface area contributed by atoms with Crippen molar-refractivity contribution in [1.82, 2.24) is 10.3 Å². The maximum absolute atomic E-state index is 11.5. The Morgan fingerprint density at radius 3 is 3.00 bits per heavy atom. The normalized spacial score (nSPS) is 10.8. The number of nitrogens with one attached hydrogen (secondary N) is 1. The van der Waals surface area contributed by atoms with E-state index in [1.165, 1.54) is 0 Å². The standard InChI is InChI=1S/C14H22N2O2S2/c1-12(2)6-9-18-11-13(17)15-8-10-19-20-14-5-3-4-7-16-14/h3-5,7,12H,6,8-11H2,1-2H3,(H,15,17). The molecule has 0 atom stereocenters. The lowest BCUT2D eigenvalue weighted by atomic mass is 10.1. The van der Waals surface area contributed by atoms with Gasteiger partial charge in [0.25, 0.3) is 0 Å². The first-order valence-corrected chi connectivity index (χ1v) is 9.05. The molecule has 0 aliphatic carbocycles. The van der Waals surface area contributed by atoms with Crippen LogP contribution in [0, 0.1) is 5.92 Å². The number of carbonyl (C=O) groups excluding carboxylic acids is 1. The fourth-order valence-corrected chi connectivity index (χ4v) is 3.05. The van der Waals surface area contributed by atoms with Gasteiger partial charge in [0.1, 0.15) is 11.6 Å². The van der Waals surface area contributed by atoms with Crippen molar-refractivity contribution in [3.05, 3.63) is 24.4 Å². The Labute approximate surface area is 128 Å². The second-order valence-corrected chi connectivity index (χ2v) is 7.09. The first-order valence-electron chi connectivity index (χ1n) is 6.73. The lowest BCUT2D eigenvalue weighted by molar-refractivity contribution is -0.125. The zero-order chi connectivity index (χ0) is 14.6. The van der Waals surface area contributed by atoms with E-state index in [1.807, 2.05) is 18.2 Å². The van der Waals surface area contributed by atoms with Gasteiger partial charge in [0, 0.05) is 25.1 Å². The predicted molar refractivity (Wildman–Crippen MR) is 85.8 cm³/mol. The molecule has 0 saturated carbocycles. The SMILES string of the molecule is CC(C)CCOCC(=O)NCCSSc1ccccn1. The van der Waals surface area contributed by atoms with E-state index in [1.54, 1.807) is 27.8 Å². The third kappa shape index (κ3) is 9.23. The molecule has 0 aliphatic rings. The van der Waals surface area contributed by atoms with Crippen molar-refractivity contribution in [1.29, 1.82) is 0 Å². The van der Waals surface area contributed by atoms with Crippen molar-refractivity contribution < 1.29 is 9.53 Å². The van der Waals surface area contributed by atoms with Gasteiger partial charge in [-0.25, -0.2) is 4.98 Å². The second-order valence-electron chi connectivity index (χ2n) is 4.66. The highest BCUT2D eigenvalue weighted by Gasteiger charge is 2.02. The van der Waals surface area contributed by atoms with E-state index in [-0.39, 0.29) is 12.5 Å². The molecule has 0 radical (unpaired) electrons. The predicted octanol–water partition coefficient (Wildman–Crippen LogP) is 3.00. The summed E-state index contributed by atoms with van der Waals surface area (Å²) in [5, 5.41) is 3.83. The highest BCUT2D eigenvalue weighted by molar-refractivity contribution is 8.76. The van der Waals surface area contributed by atoms with Crippen molar-refractivity contribution >= 4 is 27.5 Å². The van der Waals surface area contributed by atoms with Crippen LogP contribution in [-0.2, 0) is 9.53 Å². The van der Waals surface area contributed by atoms with Gasteiger partial charge in [0.2, 0.25) is 5.91 Å². The number of hydrogen-bond acceptors (Lipinski definition) is 5. The molecule has 6 heteroatoms. The summed E-state index contributed by atoms with van der Waals surface area (Å²) >= 11 is 0. The van der Waals surface area contributed by atoms with Crippen LogP contribution in [0.25, 0.3) is 0 Å². The van der Waals surface area contributed by atoms with Crippen LogP contribution in [0.2, 0.25) is 0 Å². The molecule has 0 unspecified atom stereocenters. The largest absolute Gasteiger partial charge is 0.372 e. The highest BCUT2D eigenvalue weighted by Crippen LogP contribution is 2.28. The third-order valence-corrected chi connectivity index (χ3v) is 4.63. The highest BCUT2D eigenvalue weighted by atomic mass is 33.1. The van der Waals surface area contributed by atoms with Gasteiger partial charge in [0.15, 0.2) is 0 Å². The molecular weight excluding hydrogens is 292 g/mol. The van der Waals surface area contributed by atoms with Gasteiger partial charge in [-0.1, -0.05) is 30.7 Å². The Hall–Kier alpha value is -0.720. The summed E-state index contributed by atoms with van der Waals surface area (Å²) in [5.74, 6) is 1.41. The number of ether oxygens (including phenoxy) is 1. The maximum Gasteiger partial charge on any atom is 0.246 e. The number of carbonyl (C=O) groups is 1. The van der Waals surface area contributed by atoms with Crippen molar-refractivity contribution in [2.75, 3.05) is 25.5 Å². The molecule has 0 bridgehead atoms.